The van der Waals surface area contributed by atoms with Crippen molar-refractivity contribution in [3.05, 3.63) is 63.1 Å². The van der Waals surface area contributed by atoms with Crippen molar-refractivity contribution < 1.29 is 18.0 Å². The fraction of sp³-hybridized carbons (Fsp3) is 0.462. The molecule has 7 nitrogen and oxygen atoms in total. The van der Waals surface area contributed by atoms with Gasteiger partial charge in [-0.05, 0) is 55.7 Å². The van der Waals surface area contributed by atoms with Gasteiger partial charge < -0.3 is 10.2 Å². The summed E-state index contributed by atoms with van der Waals surface area (Å²) < 4.78 is 26.4. The molecule has 1 aliphatic rings. The number of anilines is 1. The van der Waals surface area contributed by atoms with Gasteiger partial charge in [-0.25, -0.2) is 8.42 Å². The summed E-state index contributed by atoms with van der Waals surface area (Å²) in [5, 5.41) is 4.24. The number of carbonyl (C=O) groups is 2. The number of halogens is 3. The minimum Gasteiger partial charge on any atom is -0.352 e. The molecule has 0 spiro atoms. The fourth-order valence-electron chi connectivity index (χ4n) is 4.54. The summed E-state index contributed by atoms with van der Waals surface area (Å²) in [6, 6.07) is 10.4. The Morgan fingerprint density at radius 3 is 2.14 bits per heavy atom. The molecule has 2 aromatic rings. The number of hydrogen-bond acceptors (Lipinski definition) is 4. The van der Waals surface area contributed by atoms with Crippen LogP contribution in [-0.4, -0.2) is 50.0 Å². The molecule has 3 rings (SSSR count). The second-order valence-corrected chi connectivity index (χ2v) is 12.4. The molecule has 202 valence electrons. The van der Waals surface area contributed by atoms with Gasteiger partial charge in [0.15, 0.2) is 0 Å². The summed E-state index contributed by atoms with van der Waals surface area (Å²) in [6.45, 7) is 1.26. The van der Waals surface area contributed by atoms with Crippen molar-refractivity contribution in [1.82, 2.24) is 10.2 Å². The first-order chi connectivity index (χ1) is 17.5. The molecule has 2 amide bonds. The van der Waals surface area contributed by atoms with Crippen LogP contribution in [0.2, 0.25) is 15.1 Å². The maximum Gasteiger partial charge on any atom is 0.244 e. The van der Waals surface area contributed by atoms with Crippen LogP contribution in [0.4, 0.5) is 5.69 Å². The Labute approximate surface area is 234 Å². The molecule has 0 heterocycles. The Bertz CT molecular complexity index is 1180. The normalized spacial score (nSPS) is 15.2. The van der Waals surface area contributed by atoms with Crippen LogP contribution >= 0.6 is 34.8 Å². The van der Waals surface area contributed by atoms with Gasteiger partial charge in [-0.2, -0.15) is 0 Å². The van der Waals surface area contributed by atoms with E-state index in [9.17, 15) is 18.0 Å². The molecule has 2 aromatic carbocycles. The first kappa shape index (κ1) is 29.6. The Balaban J connectivity index is 1.95. The molecule has 1 saturated carbocycles. The van der Waals surface area contributed by atoms with E-state index in [1.807, 2.05) is 6.92 Å². The van der Waals surface area contributed by atoms with Crippen molar-refractivity contribution in [3.8, 4) is 0 Å². The Hall–Kier alpha value is -2.00. The molecule has 11 heteroatoms. The van der Waals surface area contributed by atoms with Crippen molar-refractivity contribution in [2.75, 3.05) is 17.1 Å². The molecule has 37 heavy (non-hydrogen) atoms. The van der Waals surface area contributed by atoms with E-state index in [1.165, 1.54) is 17.0 Å². The fourth-order valence-corrected chi connectivity index (χ4v) is 6.03. The largest absolute Gasteiger partial charge is 0.352 e. The van der Waals surface area contributed by atoms with Gasteiger partial charge in [-0.1, -0.05) is 67.1 Å². The average molecular weight is 589 g/mol. The number of hydrogen-bond donors (Lipinski definition) is 1. The lowest BCUT2D eigenvalue weighted by Crippen LogP contribution is -2.54. The second-order valence-electron chi connectivity index (χ2n) is 9.24. The van der Waals surface area contributed by atoms with Crippen LogP contribution in [0.5, 0.6) is 0 Å². The first-order valence-electron chi connectivity index (χ1n) is 12.3. The van der Waals surface area contributed by atoms with Crippen LogP contribution in [0.25, 0.3) is 0 Å². The summed E-state index contributed by atoms with van der Waals surface area (Å²) in [6.07, 6.45) is 6.37. The molecular weight excluding hydrogens is 557 g/mol. The monoisotopic (exact) mass is 587 g/mol. The Kier molecular flexibility index (Phi) is 10.5. The third-order valence-corrected chi connectivity index (χ3v) is 8.62. The Morgan fingerprint density at radius 2 is 1.59 bits per heavy atom. The van der Waals surface area contributed by atoms with Gasteiger partial charge in [0.1, 0.15) is 12.6 Å². The van der Waals surface area contributed by atoms with E-state index in [-0.39, 0.29) is 24.2 Å². The van der Waals surface area contributed by atoms with Crippen LogP contribution in [-0.2, 0) is 26.2 Å². The van der Waals surface area contributed by atoms with Crippen LogP contribution in [0.15, 0.2) is 42.5 Å². The number of amides is 2. The zero-order valence-corrected chi connectivity index (χ0v) is 24.0. The van der Waals surface area contributed by atoms with E-state index in [1.54, 1.807) is 30.3 Å². The zero-order chi connectivity index (χ0) is 27.2. The van der Waals surface area contributed by atoms with E-state index in [4.69, 9.17) is 34.8 Å². The van der Waals surface area contributed by atoms with Gasteiger partial charge in [-0.3, -0.25) is 13.9 Å². The van der Waals surface area contributed by atoms with Crippen LogP contribution in [0.1, 0.15) is 51.0 Å². The zero-order valence-electron chi connectivity index (χ0n) is 20.9. The first-order valence-corrected chi connectivity index (χ1v) is 15.3. The maximum absolute atomic E-state index is 13.8. The lowest BCUT2D eigenvalue weighted by Gasteiger charge is -2.34. The van der Waals surface area contributed by atoms with E-state index < -0.39 is 28.5 Å². The van der Waals surface area contributed by atoms with Gasteiger partial charge >= 0.3 is 0 Å². The van der Waals surface area contributed by atoms with Crippen molar-refractivity contribution in [1.29, 1.82) is 0 Å². The van der Waals surface area contributed by atoms with Crippen LogP contribution in [0.3, 0.4) is 0 Å². The predicted molar refractivity (Wildman–Crippen MR) is 150 cm³/mol. The van der Waals surface area contributed by atoms with Gasteiger partial charge in [0.25, 0.3) is 0 Å². The summed E-state index contributed by atoms with van der Waals surface area (Å²) in [5.41, 5.74) is 0.774. The van der Waals surface area contributed by atoms with E-state index in [0.29, 0.717) is 27.1 Å². The quantitative estimate of drug-likeness (QED) is 0.388. The third-order valence-electron chi connectivity index (χ3n) is 6.52. The summed E-state index contributed by atoms with van der Waals surface area (Å²) in [4.78, 5) is 28.6. The smallest absolute Gasteiger partial charge is 0.244 e. The number of nitrogens with one attached hydrogen (secondary N) is 1. The maximum atomic E-state index is 13.8. The van der Waals surface area contributed by atoms with Crippen LogP contribution in [0, 0.1) is 0 Å². The lowest BCUT2D eigenvalue weighted by molar-refractivity contribution is -0.140. The molecule has 0 saturated heterocycles. The predicted octanol–water partition coefficient (Wildman–Crippen LogP) is 5.67. The second kappa shape index (κ2) is 13.2. The molecule has 1 N–H and O–H groups in total. The minimum atomic E-state index is -3.83. The van der Waals surface area contributed by atoms with Gasteiger partial charge in [0, 0.05) is 33.2 Å². The molecule has 0 aromatic heterocycles. The summed E-state index contributed by atoms with van der Waals surface area (Å²) in [5.74, 6) is -0.828. The van der Waals surface area contributed by atoms with Gasteiger partial charge in [-0.15, -0.1) is 0 Å². The Morgan fingerprint density at radius 1 is 1.00 bits per heavy atom. The SMILES string of the molecule is CCC(C(=O)NC1CCCCC1)N(Cc1c(Cl)cccc1Cl)C(=O)CN(c1ccc(Cl)cc1)S(C)(=O)=O. The minimum absolute atomic E-state index is 0.0495. The lowest BCUT2D eigenvalue weighted by atomic mass is 9.95. The molecule has 1 atom stereocenters. The average Bonchev–Trinajstić information content (AvgIpc) is 2.84. The number of benzene rings is 2. The molecule has 1 aliphatic carbocycles. The number of nitrogens with zero attached hydrogens (tertiary/aromatic N) is 2. The third kappa shape index (κ3) is 7.99. The highest BCUT2D eigenvalue weighted by molar-refractivity contribution is 7.92. The highest BCUT2D eigenvalue weighted by Crippen LogP contribution is 2.28. The highest BCUT2D eigenvalue weighted by Gasteiger charge is 2.33. The number of sulfonamides is 1. The standard InChI is InChI=1S/C26H32Cl3N3O4S/c1-3-24(26(34)30-19-8-5-4-6-9-19)31(16-21-22(28)10-7-11-23(21)29)25(33)17-32(37(2,35)36)20-14-12-18(27)13-15-20/h7,10-15,19,24H,3-6,8-9,16-17H2,1-2H3,(H,30,34). The molecule has 0 bridgehead atoms. The van der Waals surface area contributed by atoms with E-state index in [2.05, 4.69) is 5.32 Å². The topological polar surface area (TPSA) is 86.8 Å². The number of carbonyl (C=O) groups excluding carboxylic acids is 2. The number of rotatable bonds is 10. The van der Waals surface area contributed by atoms with Crippen molar-refractivity contribution >= 4 is 62.3 Å². The van der Waals surface area contributed by atoms with Crippen LogP contribution < -0.4 is 9.62 Å². The molecular formula is C26H32Cl3N3O4S. The van der Waals surface area contributed by atoms with Gasteiger partial charge in [0.05, 0.1) is 11.9 Å². The van der Waals surface area contributed by atoms with E-state index >= 15 is 0 Å². The summed E-state index contributed by atoms with van der Waals surface area (Å²) >= 11 is 18.8. The summed E-state index contributed by atoms with van der Waals surface area (Å²) in [7, 11) is -3.83. The molecule has 1 fully saturated rings. The van der Waals surface area contributed by atoms with Crippen molar-refractivity contribution in [3.63, 3.8) is 0 Å². The van der Waals surface area contributed by atoms with E-state index in [0.717, 1.165) is 42.7 Å². The van der Waals surface area contributed by atoms with Gasteiger partial charge in [0.2, 0.25) is 21.8 Å². The molecule has 0 radical (unpaired) electrons. The van der Waals surface area contributed by atoms with Crippen molar-refractivity contribution in [2.45, 2.75) is 64.1 Å². The molecule has 1 unspecified atom stereocenters. The highest BCUT2D eigenvalue weighted by atomic mass is 35.5. The molecule has 0 aliphatic heterocycles. The van der Waals surface area contributed by atoms with Crippen molar-refractivity contribution in [2.24, 2.45) is 0 Å².